The number of methoxy groups -OCH3 is 1. The number of halogens is 1. The largest absolute Gasteiger partial charge is 0.494 e. The molecule has 3 aromatic heterocycles. The van der Waals surface area contributed by atoms with Crippen molar-refractivity contribution in [2.75, 3.05) is 13.7 Å². The summed E-state index contributed by atoms with van der Waals surface area (Å²) in [7, 11) is -1.27. The highest BCUT2D eigenvalue weighted by molar-refractivity contribution is 7.39. The first-order chi connectivity index (χ1) is 18.3. The van der Waals surface area contributed by atoms with Crippen molar-refractivity contribution in [2.24, 2.45) is 10.9 Å². The van der Waals surface area contributed by atoms with Crippen LogP contribution >= 0.6 is 19.9 Å². The van der Waals surface area contributed by atoms with Gasteiger partial charge in [-0.25, -0.2) is 9.07 Å². The van der Waals surface area contributed by atoms with Crippen LogP contribution in [-0.2, 0) is 11.3 Å². The summed E-state index contributed by atoms with van der Waals surface area (Å²) in [4.78, 5) is 44.3. The average molecular weight is 566 g/mol. The quantitative estimate of drug-likeness (QED) is 0.368. The molecule has 204 valence electrons. The van der Waals surface area contributed by atoms with Crippen molar-refractivity contribution in [3.63, 3.8) is 0 Å². The van der Waals surface area contributed by atoms with Crippen LogP contribution in [-0.4, -0.2) is 49.2 Å². The van der Waals surface area contributed by atoms with E-state index in [1.807, 2.05) is 0 Å². The Labute approximate surface area is 224 Å². The molecule has 1 saturated carbocycles. The molecule has 0 aromatic carbocycles. The van der Waals surface area contributed by atoms with Gasteiger partial charge >= 0.3 is 8.60 Å². The van der Waals surface area contributed by atoms with E-state index in [2.05, 4.69) is 20.1 Å². The first-order valence-corrected chi connectivity index (χ1v) is 14.0. The normalized spacial score (nSPS) is 14.8. The summed E-state index contributed by atoms with van der Waals surface area (Å²) in [5.41, 5.74) is 1.07. The van der Waals surface area contributed by atoms with Crippen LogP contribution in [0.5, 0.6) is 10.9 Å². The number of ether oxygens (including phenoxy) is 2. The molecule has 3 heterocycles. The fourth-order valence-electron chi connectivity index (χ4n) is 4.22. The smallest absolute Gasteiger partial charge is 0.328 e. The number of rotatable bonds is 9. The second-order valence-electron chi connectivity index (χ2n) is 8.87. The second kappa shape index (κ2) is 12.8. The first-order valence-electron chi connectivity index (χ1n) is 12.0. The van der Waals surface area contributed by atoms with Gasteiger partial charge in [-0.05, 0) is 50.0 Å². The van der Waals surface area contributed by atoms with Crippen molar-refractivity contribution in [1.82, 2.24) is 19.7 Å². The Bertz CT molecular complexity index is 1360. The molecule has 0 aliphatic heterocycles. The van der Waals surface area contributed by atoms with Crippen LogP contribution in [0.25, 0.3) is 11.1 Å². The third kappa shape index (κ3) is 6.78. The highest BCUT2D eigenvalue weighted by Crippen LogP contribution is 2.36. The molecule has 2 N–H and O–H groups in total. The molecule has 0 saturated heterocycles. The van der Waals surface area contributed by atoms with Gasteiger partial charge in [0, 0.05) is 17.5 Å². The summed E-state index contributed by atoms with van der Waals surface area (Å²) < 4.78 is 32.5. The fraction of sp³-hybridized carbons (Fsp3) is 0.458. The number of pyridine rings is 2. The monoisotopic (exact) mass is 565 g/mol. The highest BCUT2D eigenvalue weighted by atomic mass is 32.1. The second-order valence-corrected chi connectivity index (χ2v) is 10.5. The molecular formula is C24H29FN5O6PS. The van der Waals surface area contributed by atoms with Crippen LogP contribution in [0.2, 0.25) is 0 Å². The summed E-state index contributed by atoms with van der Waals surface area (Å²) >= 11 is 1.02. The van der Waals surface area contributed by atoms with Crippen LogP contribution in [0.4, 0.5) is 4.39 Å². The molecule has 14 heteroatoms. The highest BCUT2D eigenvalue weighted by Gasteiger charge is 2.23. The van der Waals surface area contributed by atoms with Crippen molar-refractivity contribution < 1.29 is 33.0 Å². The topological polar surface area (TPSA) is 141 Å². The lowest BCUT2D eigenvalue weighted by Crippen LogP contribution is -2.20. The zero-order valence-electron chi connectivity index (χ0n) is 21.3. The molecule has 1 amide bonds. The summed E-state index contributed by atoms with van der Waals surface area (Å²) in [6.07, 6.45) is 8.45. The Morgan fingerprint density at radius 1 is 1.24 bits per heavy atom. The van der Waals surface area contributed by atoms with E-state index in [1.165, 1.54) is 50.4 Å². The molecule has 11 nitrogen and oxygen atoms in total. The molecule has 0 unspecified atom stereocenters. The lowest BCUT2D eigenvalue weighted by molar-refractivity contribution is 0.0996. The van der Waals surface area contributed by atoms with Crippen molar-refractivity contribution >= 4 is 25.8 Å². The predicted molar refractivity (Wildman–Crippen MR) is 138 cm³/mol. The fourth-order valence-corrected chi connectivity index (χ4v) is 5.18. The SMILES string of the molecule is COc1cnc(C)c(F)c1-c1cc(C)ncc1C(=O)/N=c1\sc(OCC2CCCCC2)nn1COP(O)O. The van der Waals surface area contributed by atoms with Crippen molar-refractivity contribution in [3.05, 3.63) is 46.0 Å². The molecule has 1 aliphatic carbocycles. The molecule has 1 fully saturated rings. The van der Waals surface area contributed by atoms with Gasteiger partial charge in [0.1, 0.15) is 5.75 Å². The lowest BCUT2D eigenvalue weighted by Gasteiger charge is -2.20. The maximum Gasteiger partial charge on any atom is 0.328 e. The first kappa shape index (κ1) is 28.2. The zero-order valence-corrected chi connectivity index (χ0v) is 23.0. The van der Waals surface area contributed by atoms with Gasteiger partial charge in [-0.15, -0.1) is 5.10 Å². The van der Waals surface area contributed by atoms with E-state index in [1.54, 1.807) is 13.0 Å². The summed E-state index contributed by atoms with van der Waals surface area (Å²) in [6.45, 7) is 3.37. The maximum absolute atomic E-state index is 15.2. The van der Waals surface area contributed by atoms with Crippen LogP contribution < -0.4 is 14.3 Å². The molecule has 38 heavy (non-hydrogen) atoms. The number of carbonyl (C=O) groups is 1. The van der Waals surface area contributed by atoms with Gasteiger partial charge in [-0.2, -0.15) is 4.99 Å². The van der Waals surface area contributed by atoms with E-state index in [9.17, 15) is 14.6 Å². The van der Waals surface area contributed by atoms with E-state index < -0.39 is 20.3 Å². The van der Waals surface area contributed by atoms with Gasteiger partial charge in [-0.1, -0.05) is 19.3 Å². The van der Waals surface area contributed by atoms with Gasteiger partial charge in [-0.3, -0.25) is 19.3 Å². The number of amides is 1. The molecule has 0 bridgehead atoms. The minimum absolute atomic E-state index is 0.0375. The van der Waals surface area contributed by atoms with Crippen molar-refractivity contribution in [3.8, 4) is 22.1 Å². The Morgan fingerprint density at radius 3 is 2.71 bits per heavy atom. The average Bonchev–Trinajstić information content (AvgIpc) is 3.29. The molecular weight excluding hydrogens is 536 g/mol. The molecule has 0 radical (unpaired) electrons. The summed E-state index contributed by atoms with van der Waals surface area (Å²) in [5.74, 6) is -0.749. The molecule has 0 spiro atoms. The summed E-state index contributed by atoms with van der Waals surface area (Å²) in [5, 5.41) is 4.56. The minimum atomic E-state index is -2.66. The maximum atomic E-state index is 15.2. The number of hydrogen-bond donors (Lipinski definition) is 2. The standard InChI is InChI=1S/C24H29FN5O6PS/c1-14-9-17(20-19(34-3)11-27-15(2)21(20)25)18(10-26-14)22(31)28-23-30(13-36-37(32)33)29-24(38-23)35-12-16-7-5-4-6-8-16/h9-11,16,32-33H,4-8,12-13H2,1-3H3/b28-23-. The van der Waals surface area contributed by atoms with Gasteiger partial charge < -0.3 is 19.3 Å². The van der Waals surface area contributed by atoms with Crippen molar-refractivity contribution in [2.45, 2.75) is 52.7 Å². The third-order valence-electron chi connectivity index (χ3n) is 6.18. The van der Waals surface area contributed by atoms with Crippen LogP contribution in [0.1, 0.15) is 53.8 Å². The van der Waals surface area contributed by atoms with Crippen LogP contribution in [0.3, 0.4) is 0 Å². The van der Waals surface area contributed by atoms with Gasteiger partial charge in [0.2, 0.25) is 4.80 Å². The van der Waals surface area contributed by atoms with Crippen LogP contribution in [0.15, 0.2) is 23.5 Å². The third-order valence-corrected chi connectivity index (χ3v) is 7.39. The Hall–Kier alpha value is -2.83. The number of carbonyl (C=O) groups excluding carboxylic acids is 1. The molecule has 0 atom stereocenters. The predicted octanol–water partition coefficient (Wildman–Crippen LogP) is 4.05. The Kier molecular flexibility index (Phi) is 9.50. The van der Waals surface area contributed by atoms with E-state index >= 15 is 4.39 Å². The molecule has 1 aliphatic rings. The Morgan fingerprint density at radius 2 is 2.00 bits per heavy atom. The number of nitrogens with zero attached hydrogens (tertiary/aromatic N) is 5. The van der Waals surface area contributed by atoms with E-state index in [-0.39, 0.29) is 44.9 Å². The lowest BCUT2D eigenvalue weighted by atomic mass is 9.90. The van der Waals surface area contributed by atoms with Gasteiger partial charge in [0.15, 0.2) is 12.5 Å². The van der Waals surface area contributed by atoms with E-state index in [0.717, 1.165) is 24.2 Å². The number of aryl methyl sites for hydroxylation is 2. The van der Waals surface area contributed by atoms with E-state index in [4.69, 9.17) is 14.0 Å². The van der Waals surface area contributed by atoms with Crippen molar-refractivity contribution in [1.29, 1.82) is 0 Å². The number of aromatic nitrogens is 4. The number of hydrogen-bond acceptors (Lipinski definition) is 10. The molecule has 4 rings (SSSR count). The molecule has 3 aromatic rings. The van der Waals surface area contributed by atoms with E-state index in [0.29, 0.717) is 18.2 Å². The van der Waals surface area contributed by atoms with Gasteiger partial charge in [0.25, 0.3) is 11.1 Å². The van der Waals surface area contributed by atoms with Gasteiger partial charge in [0.05, 0.1) is 36.7 Å². The zero-order chi connectivity index (χ0) is 27.2. The summed E-state index contributed by atoms with van der Waals surface area (Å²) in [6, 6.07) is 1.58. The minimum Gasteiger partial charge on any atom is -0.494 e. The van der Waals surface area contributed by atoms with Crippen LogP contribution in [0, 0.1) is 25.6 Å². The Balaban J connectivity index is 1.71.